The molecule has 0 aromatic carbocycles. The second-order valence-corrected chi connectivity index (χ2v) is 3.94. The fourth-order valence-corrected chi connectivity index (χ4v) is 1.33. The first kappa shape index (κ1) is 9.06. The van der Waals surface area contributed by atoms with Crippen molar-refractivity contribution in [3.05, 3.63) is 23.3 Å². The number of nitrogens with zero attached hydrogens (tertiary/aromatic N) is 1. The van der Waals surface area contributed by atoms with E-state index in [9.17, 15) is 0 Å². The van der Waals surface area contributed by atoms with E-state index in [4.69, 9.17) is 5.26 Å². The zero-order chi connectivity index (χ0) is 9.19. The number of allylic oxidation sites excluding steroid dienone is 4. The molecule has 1 nitrogen and oxygen atoms in total. The number of rotatable bonds is 1. The van der Waals surface area contributed by atoms with Gasteiger partial charge in [-0.05, 0) is 33.6 Å². The first-order valence-electron chi connectivity index (χ1n) is 4.34. The van der Waals surface area contributed by atoms with Gasteiger partial charge in [0.2, 0.25) is 0 Å². The van der Waals surface area contributed by atoms with E-state index < -0.39 is 0 Å². The predicted molar refractivity (Wildman–Crippen MR) is 50.5 cm³/mol. The Balaban J connectivity index is 2.87. The van der Waals surface area contributed by atoms with Crippen molar-refractivity contribution in [1.29, 1.82) is 5.26 Å². The van der Waals surface area contributed by atoms with Crippen LogP contribution in [0.15, 0.2) is 23.3 Å². The molecule has 0 saturated heterocycles. The summed E-state index contributed by atoms with van der Waals surface area (Å²) in [5.41, 5.74) is 2.39. The molecule has 1 aliphatic rings. The molecule has 0 bridgehead atoms. The first-order chi connectivity index (χ1) is 5.56. The van der Waals surface area contributed by atoms with Gasteiger partial charge in [-0.2, -0.15) is 5.26 Å². The average Bonchev–Trinajstić information content (AvgIpc) is 2.05. The van der Waals surface area contributed by atoms with Crippen LogP contribution in [-0.2, 0) is 0 Å². The summed E-state index contributed by atoms with van der Waals surface area (Å²) in [6, 6.07) is 2.33. The highest BCUT2D eigenvalue weighted by atomic mass is 14.3. The van der Waals surface area contributed by atoms with E-state index in [1.54, 1.807) is 0 Å². The van der Waals surface area contributed by atoms with Gasteiger partial charge in [0.05, 0.1) is 11.5 Å². The fourth-order valence-electron chi connectivity index (χ4n) is 1.33. The van der Waals surface area contributed by atoms with Gasteiger partial charge in [-0.25, -0.2) is 0 Å². The maximum absolute atomic E-state index is 8.90. The number of hydrogen-bond donors (Lipinski definition) is 0. The monoisotopic (exact) mass is 161 g/mol. The summed E-state index contributed by atoms with van der Waals surface area (Å²) in [4.78, 5) is 0. The zero-order valence-electron chi connectivity index (χ0n) is 8.02. The molecule has 0 N–H and O–H groups in total. The van der Waals surface area contributed by atoms with Crippen LogP contribution in [0, 0.1) is 16.7 Å². The topological polar surface area (TPSA) is 23.8 Å². The van der Waals surface area contributed by atoms with Gasteiger partial charge in [-0.3, -0.25) is 0 Å². The summed E-state index contributed by atoms with van der Waals surface area (Å²) in [5.74, 6) is 0. The van der Waals surface area contributed by atoms with Crippen molar-refractivity contribution in [2.75, 3.05) is 0 Å². The molecule has 0 unspecified atom stereocenters. The van der Waals surface area contributed by atoms with Gasteiger partial charge in [0.15, 0.2) is 0 Å². The van der Waals surface area contributed by atoms with Gasteiger partial charge in [0.25, 0.3) is 0 Å². The third kappa shape index (κ3) is 1.76. The van der Waals surface area contributed by atoms with Crippen LogP contribution >= 0.6 is 0 Å². The van der Waals surface area contributed by atoms with E-state index in [1.807, 2.05) is 13.8 Å². The highest BCUT2D eigenvalue weighted by Crippen LogP contribution is 2.32. The van der Waals surface area contributed by atoms with Crippen molar-refractivity contribution in [2.45, 2.75) is 33.6 Å². The molecule has 0 aromatic rings. The molecule has 1 aliphatic carbocycles. The summed E-state index contributed by atoms with van der Waals surface area (Å²) < 4.78 is 0. The van der Waals surface area contributed by atoms with Gasteiger partial charge in [-0.1, -0.05) is 23.3 Å². The highest BCUT2D eigenvalue weighted by Gasteiger charge is 2.22. The van der Waals surface area contributed by atoms with Crippen molar-refractivity contribution in [3.8, 4) is 6.07 Å². The lowest BCUT2D eigenvalue weighted by Crippen LogP contribution is -2.13. The van der Waals surface area contributed by atoms with Crippen LogP contribution in [0.25, 0.3) is 0 Å². The molecule has 0 saturated carbocycles. The lowest BCUT2D eigenvalue weighted by atomic mass is 9.80. The quantitative estimate of drug-likeness (QED) is 0.579. The first-order valence-corrected chi connectivity index (χ1v) is 4.34. The van der Waals surface area contributed by atoms with E-state index in [2.05, 4.69) is 25.1 Å². The Morgan fingerprint density at radius 1 is 1.33 bits per heavy atom. The summed E-state index contributed by atoms with van der Waals surface area (Å²) >= 11 is 0. The molecule has 0 amide bonds. The molecule has 0 fully saturated rings. The summed E-state index contributed by atoms with van der Waals surface area (Å²) in [5, 5.41) is 8.90. The van der Waals surface area contributed by atoms with Crippen molar-refractivity contribution in [2.24, 2.45) is 5.41 Å². The Labute approximate surface area is 74.4 Å². The number of nitriles is 1. The van der Waals surface area contributed by atoms with Crippen LogP contribution in [0.5, 0.6) is 0 Å². The third-order valence-electron chi connectivity index (χ3n) is 2.44. The molecule has 12 heavy (non-hydrogen) atoms. The summed E-state index contributed by atoms with van der Waals surface area (Å²) in [7, 11) is 0. The molecule has 0 spiro atoms. The second-order valence-electron chi connectivity index (χ2n) is 3.94. The van der Waals surface area contributed by atoms with Crippen LogP contribution in [0.2, 0.25) is 0 Å². The van der Waals surface area contributed by atoms with E-state index in [0.717, 1.165) is 12.8 Å². The van der Waals surface area contributed by atoms with Crippen molar-refractivity contribution < 1.29 is 0 Å². The molecule has 1 rings (SSSR count). The molecule has 0 aliphatic heterocycles. The molecule has 0 heterocycles. The minimum absolute atomic E-state index is 0.281. The van der Waals surface area contributed by atoms with Gasteiger partial charge in [-0.15, -0.1) is 0 Å². The molecule has 0 aromatic heterocycles. The van der Waals surface area contributed by atoms with Gasteiger partial charge >= 0.3 is 0 Å². The van der Waals surface area contributed by atoms with Crippen molar-refractivity contribution >= 4 is 0 Å². The maximum atomic E-state index is 8.90. The Morgan fingerprint density at radius 3 is 2.42 bits per heavy atom. The minimum atomic E-state index is -0.281. The van der Waals surface area contributed by atoms with Crippen molar-refractivity contribution in [3.63, 3.8) is 0 Å². The second kappa shape index (κ2) is 3.15. The number of hydrogen-bond acceptors (Lipinski definition) is 1. The maximum Gasteiger partial charge on any atom is 0.0729 e. The third-order valence-corrected chi connectivity index (χ3v) is 2.44. The predicted octanol–water partition coefficient (Wildman–Crippen LogP) is 3.20. The van der Waals surface area contributed by atoms with Crippen LogP contribution in [0.1, 0.15) is 33.6 Å². The Kier molecular flexibility index (Phi) is 2.38. The van der Waals surface area contributed by atoms with Crippen molar-refractivity contribution in [1.82, 2.24) is 0 Å². The Hall–Kier alpha value is -1.03. The molecule has 1 heteroatoms. The van der Waals surface area contributed by atoms with Crippen LogP contribution < -0.4 is 0 Å². The van der Waals surface area contributed by atoms with E-state index in [-0.39, 0.29) is 5.41 Å². The van der Waals surface area contributed by atoms with E-state index >= 15 is 0 Å². The minimum Gasteiger partial charge on any atom is -0.197 e. The van der Waals surface area contributed by atoms with Crippen LogP contribution in [-0.4, -0.2) is 0 Å². The highest BCUT2D eigenvalue weighted by molar-refractivity contribution is 5.30. The van der Waals surface area contributed by atoms with Gasteiger partial charge in [0.1, 0.15) is 0 Å². The smallest absolute Gasteiger partial charge is 0.0729 e. The molecular weight excluding hydrogens is 146 g/mol. The van der Waals surface area contributed by atoms with Crippen LogP contribution in [0.3, 0.4) is 0 Å². The molecule has 64 valence electrons. The van der Waals surface area contributed by atoms with Crippen LogP contribution in [0.4, 0.5) is 0 Å². The lowest BCUT2D eigenvalue weighted by Gasteiger charge is -2.22. The average molecular weight is 161 g/mol. The van der Waals surface area contributed by atoms with E-state index in [1.165, 1.54) is 11.1 Å². The normalized spacial score (nSPS) is 17.8. The Bertz CT molecular complexity index is 274. The lowest BCUT2D eigenvalue weighted by molar-refractivity contribution is 0.562. The molecular formula is C11H15N. The largest absolute Gasteiger partial charge is 0.197 e. The van der Waals surface area contributed by atoms with E-state index in [0.29, 0.717) is 0 Å². The standard InChI is InChI=1S/C11H15N/c1-9-4-6-10(7-5-9)11(2,3)8-12/h4,6H,5,7H2,1-3H3. The molecule has 0 radical (unpaired) electrons. The van der Waals surface area contributed by atoms with Gasteiger partial charge < -0.3 is 0 Å². The summed E-state index contributed by atoms with van der Waals surface area (Å²) in [6.45, 7) is 6.09. The van der Waals surface area contributed by atoms with Gasteiger partial charge in [0, 0.05) is 0 Å². The zero-order valence-corrected chi connectivity index (χ0v) is 8.02. The summed E-state index contributed by atoms with van der Waals surface area (Å²) in [6.07, 6.45) is 6.37. The Morgan fingerprint density at radius 2 is 2.00 bits per heavy atom. The molecule has 0 atom stereocenters. The SMILES string of the molecule is CC1=CC=C(C(C)(C)C#N)CC1. The fraction of sp³-hybridized carbons (Fsp3) is 0.545.